The van der Waals surface area contributed by atoms with Crippen LogP contribution < -0.4 is 5.32 Å². The molecule has 1 aromatic rings. The Kier molecular flexibility index (Phi) is 5.35. The zero-order chi connectivity index (χ0) is 13.7. The van der Waals surface area contributed by atoms with E-state index in [4.69, 9.17) is 4.74 Å². The van der Waals surface area contributed by atoms with Gasteiger partial charge in [-0.05, 0) is 51.3 Å². The van der Waals surface area contributed by atoms with E-state index in [-0.39, 0.29) is 18.6 Å². The molecular formula is C15H23NO2. The second-order valence-corrected chi connectivity index (χ2v) is 4.72. The summed E-state index contributed by atoms with van der Waals surface area (Å²) in [7, 11) is 0. The zero-order valence-corrected chi connectivity index (χ0v) is 12.0. The van der Waals surface area contributed by atoms with Gasteiger partial charge in [0.1, 0.15) is 0 Å². The third kappa shape index (κ3) is 3.84. The van der Waals surface area contributed by atoms with Gasteiger partial charge < -0.3 is 10.1 Å². The smallest absolute Gasteiger partial charge is 0.319 e. The SMILES string of the molecule is CCOC(=O)CNC(C)c1c(C)cc(C)cc1C. The van der Waals surface area contributed by atoms with E-state index in [2.05, 4.69) is 45.1 Å². The molecule has 3 heteroatoms. The van der Waals surface area contributed by atoms with Crippen LogP contribution in [0.1, 0.15) is 42.1 Å². The van der Waals surface area contributed by atoms with Gasteiger partial charge in [-0.15, -0.1) is 0 Å². The van der Waals surface area contributed by atoms with Crippen molar-refractivity contribution in [2.45, 2.75) is 40.7 Å². The molecule has 0 saturated carbocycles. The molecule has 3 nitrogen and oxygen atoms in total. The molecule has 0 aliphatic carbocycles. The van der Waals surface area contributed by atoms with Crippen LogP contribution >= 0.6 is 0 Å². The average molecular weight is 249 g/mol. The summed E-state index contributed by atoms with van der Waals surface area (Å²) in [6.07, 6.45) is 0. The maximum absolute atomic E-state index is 11.3. The topological polar surface area (TPSA) is 38.3 Å². The molecular weight excluding hydrogens is 226 g/mol. The number of carbonyl (C=O) groups excluding carboxylic acids is 1. The lowest BCUT2D eigenvalue weighted by Gasteiger charge is -2.19. The molecule has 0 heterocycles. The summed E-state index contributed by atoms with van der Waals surface area (Å²) in [5.41, 5.74) is 5.06. The van der Waals surface area contributed by atoms with E-state index >= 15 is 0 Å². The predicted molar refractivity (Wildman–Crippen MR) is 73.7 cm³/mol. The minimum Gasteiger partial charge on any atom is -0.465 e. The molecule has 0 spiro atoms. The van der Waals surface area contributed by atoms with Gasteiger partial charge in [-0.1, -0.05) is 17.7 Å². The predicted octanol–water partition coefficient (Wildman–Crippen LogP) is 2.83. The molecule has 100 valence electrons. The van der Waals surface area contributed by atoms with Crippen LogP contribution in [0.15, 0.2) is 12.1 Å². The van der Waals surface area contributed by atoms with Crippen LogP contribution in [0.4, 0.5) is 0 Å². The highest BCUT2D eigenvalue weighted by molar-refractivity contribution is 5.71. The fourth-order valence-electron chi connectivity index (χ4n) is 2.42. The van der Waals surface area contributed by atoms with Crippen molar-refractivity contribution >= 4 is 5.97 Å². The number of hydrogen-bond acceptors (Lipinski definition) is 3. The molecule has 1 aromatic carbocycles. The molecule has 0 aromatic heterocycles. The first-order valence-corrected chi connectivity index (χ1v) is 6.42. The highest BCUT2D eigenvalue weighted by Crippen LogP contribution is 2.23. The van der Waals surface area contributed by atoms with Gasteiger partial charge in [-0.3, -0.25) is 4.79 Å². The third-order valence-electron chi connectivity index (χ3n) is 3.03. The summed E-state index contributed by atoms with van der Waals surface area (Å²) in [5.74, 6) is -0.202. The molecule has 0 aliphatic rings. The Morgan fingerprint density at radius 3 is 2.33 bits per heavy atom. The molecule has 0 radical (unpaired) electrons. The van der Waals surface area contributed by atoms with E-state index in [0.717, 1.165) is 0 Å². The first kappa shape index (κ1) is 14.7. The largest absolute Gasteiger partial charge is 0.465 e. The summed E-state index contributed by atoms with van der Waals surface area (Å²) in [6, 6.07) is 4.49. The van der Waals surface area contributed by atoms with Crippen LogP contribution in [0.2, 0.25) is 0 Å². The minimum atomic E-state index is -0.202. The Balaban J connectivity index is 2.73. The molecule has 0 fully saturated rings. The van der Waals surface area contributed by atoms with E-state index in [1.165, 1.54) is 22.3 Å². The summed E-state index contributed by atoms with van der Waals surface area (Å²) >= 11 is 0. The van der Waals surface area contributed by atoms with Crippen LogP contribution in [-0.4, -0.2) is 19.1 Å². The highest BCUT2D eigenvalue weighted by atomic mass is 16.5. The van der Waals surface area contributed by atoms with Crippen LogP contribution in [-0.2, 0) is 9.53 Å². The van der Waals surface area contributed by atoms with Gasteiger partial charge in [0.2, 0.25) is 0 Å². The number of esters is 1. The Morgan fingerprint density at radius 2 is 1.83 bits per heavy atom. The summed E-state index contributed by atoms with van der Waals surface area (Å²) in [5, 5.41) is 3.21. The fourth-order valence-corrected chi connectivity index (χ4v) is 2.42. The van der Waals surface area contributed by atoms with E-state index in [1.54, 1.807) is 0 Å². The van der Waals surface area contributed by atoms with Crippen molar-refractivity contribution in [3.8, 4) is 0 Å². The van der Waals surface area contributed by atoms with Gasteiger partial charge in [0.05, 0.1) is 13.2 Å². The number of rotatable bonds is 5. The van der Waals surface area contributed by atoms with E-state index in [1.807, 2.05) is 6.92 Å². The van der Waals surface area contributed by atoms with Crippen LogP contribution in [0.3, 0.4) is 0 Å². The summed E-state index contributed by atoms with van der Waals surface area (Å²) < 4.78 is 4.91. The standard InChI is InChI=1S/C15H23NO2/c1-6-18-14(17)9-16-13(5)15-11(3)7-10(2)8-12(15)4/h7-8,13,16H,6,9H2,1-5H3. The van der Waals surface area contributed by atoms with Crippen LogP contribution in [0, 0.1) is 20.8 Å². The normalized spacial score (nSPS) is 12.3. The Hall–Kier alpha value is -1.35. The molecule has 0 bridgehead atoms. The Labute approximate surface area is 110 Å². The van der Waals surface area contributed by atoms with Crippen LogP contribution in [0.25, 0.3) is 0 Å². The fraction of sp³-hybridized carbons (Fsp3) is 0.533. The first-order chi connectivity index (χ1) is 8.45. The number of ether oxygens (including phenoxy) is 1. The summed E-state index contributed by atoms with van der Waals surface area (Å²) in [6.45, 7) is 10.9. The van der Waals surface area contributed by atoms with Crippen molar-refractivity contribution in [2.24, 2.45) is 0 Å². The van der Waals surface area contributed by atoms with Gasteiger partial charge in [0.15, 0.2) is 0 Å². The maximum Gasteiger partial charge on any atom is 0.319 e. The van der Waals surface area contributed by atoms with Crippen molar-refractivity contribution in [3.05, 3.63) is 34.4 Å². The monoisotopic (exact) mass is 249 g/mol. The number of carbonyl (C=O) groups is 1. The molecule has 18 heavy (non-hydrogen) atoms. The van der Waals surface area contributed by atoms with Crippen molar-refractivity contribution in [1.29, 1.82) is 0 Å². The molecule has 1 atom stereocenters. The zero-order valence-electron chi connectivity index (χ0n) is 12.0. The van der Waals surface area contributed by atoms with Crippen molar-refractivity contribution in [3.63, 3.8) is 0 Å². The van der Waals surface area contributed by atoms with Gasteiger partial charge in [0, 0.05) is 6.04 Å². The van der Waals surface area contributed by atoms with Crippen molar-refractivity contribution < 1.29 is 9.53 Å². The second-order valence-electron chi connectivity index (χ2n) is 4.72. The highest BCUT2D eigenvalue weighted by Gasteiger charge is 2.13. The van der Waals surface area contributed by atoms with E-state index in [9.17, 15) is 4.79 Å². The number of benzene rings is 1. The molecule has 1 N–H and O–H groups in total. The van der Waals surface area contributed by atoms with Gasteiger partial charge >= 0.3 is 5.97 Å². The van der Waals surface area contributed by atoms with Crippen molar-refractivity contribution in [2.75, 3.05) is 13.2 Å². The lowest BCUT2D eigenvalue weighted by molar-refractivity contribution is -0.142. The summed E-state index contributed by atoms with van der Waals surface area (Å²) in [4.78, 5) is 11.3. The lowest BCUT2D eigenvalue weighted by atomic mass is 9.95. The lowest BCUT2D eigenvalue weighted by Crippen LogP contribution is -2.28. The van der Waals surface area contributed by atoms with E-state index < -0.39 is 0 Å². The third-order valence-corrected chi connectivity index (χ3v) is 3.03. The molecule has 1 unspecified atom stereocenters. The minimum absolute atomic E-state index is 0.148. The average Bonchev–Trinajstić information content (AvgIpc) is 2.25. The first-order valence-electron chi connectivity index (χ1n) is 6.42. The maximum atomic E-state index is 11.3. The van der Waals surface area contributed by atoms with Gasteiger partial charge in [0.25, 0.3) is 0 Å². The number of nitrogens with one attached hydrogen (secondary N) is 1. The molecule has 0 aliphatic heterocycles. The number of aryl methyl sites for hydroxylation is 3. The number of hydrogen-bond donors (Lipinski definition) is 1. The Bertz CT molecular complexity index is 403. The molecule has 0 saturated heterocycles. The molecule has 1 rings (SSSR count). The van der Waals surface area contributed by atoms with Crippen LogP contribution in [0.5, 0.6) is 0 Å². The molecule has 0 amide bonds. The van der Waals surface area contributed by atoms with Crippen molar-refractivity contribution in [1.82, 2.24) is 5.32 Å². The quantitative estimate of drug-likeness (QED) is 0.815. The van der Waals surface area contributed by atoms with Gasteiger partial charge in [-0.25, -0.2) is 0 Å². The van der Waals surface area contributed by atoms with E-state index in [0.29, 0.717) is 6.61 Å². The van der Waals surface area contributed by atoms with Gasteiger partial charge in [-0.2, -0.15) is 0 Å². The second kappa shape index (κ2) is 6.55. The Morgan fingerprint density at radius 1 is 1.28 bits per heavy atom.